The lowest BCUT2D eigenvalue weighted by Gasteiger charge is -2.31. The fourth-order valence-electron chi connectivity index (χ4n) is 5.26. The number of aliphatic hydroxyl groups is 1. The third-order valence-electron chi connectivity index (χ3n) is 7.25. The summed E-state index contributed by atoms with van der Waals surface area (Å²) in [6.45, 7) is 2.65. The second kappa shape index (κ2) is 10.3. The van der Waals surface area contributed by atoms with Gasteiger partial charge in [-0.15, -0.1) is 0 Å². The summed E-state index contributed by atoms with van der Waals surface area (Å²) in [6.07, 6.45) is 0.812. The minimum Gasteiger partial charge on any atom is -0.486 e. The van der Waals surface area contributed by atoms with Crippen LogP contribution in [0.15, 0.2) is 30.3 Å². The summed E-state index contributed by atoms with van der Waals surface area (Å²) in [7, 11) is 0. The van der Waals surface area contributed by atoms with Gasteiger partial charge in [0.2, 0.25) is 0 Å². The predicted octanol–water partition coefficient (Wildman–Crippen LogP) is 4.43. The Bertz CT molecular complexity index is 1110. The number of nitrogens with one attached hydrogen (secondary N) is 1. The molecule has 2 N–H and O–H groups in total. The van der Waals surface area contributed by atoms with Crippen LogP contribution in [0.1, 0.15) is 35.6 Å². The van der Waals surface area contributed by atoms with Crippen LogP contribution in [-0.2, 0) is 17.6 Å². The van der Waals surface area contributed by atoms with Crippen molar-refractivity contribution in [2.45, 2.75) is 43.8 Å². The quantitative estimate of drug-likeness (QED) is 0.543. The third kappa shape index (κ3) is 5.14. The van der Waals surface area contributed by atoms with Crippen molar-refractivity contribution in [1.29, 1.82) is 0 Å². The highest BCUT2D eigenvalue weighted by Gasteiger charge is 2.50. The van der Waals surface area contributed by atoms with E-state index in [1.807, 2.05) is 0 Å². The summed E-state index contributed by atoms with van der Waals surface area (Å²) in [4.78, 5) is 15.1. The van der Waals surface area contributed by atoms with E-state index in [2.05, 4.69) is 10.2 Å². The third-order valence-corrected chi connectivity index (χ3v) is 7.97. The van der Waals surface area contributed by atoms with Crippen LogP contribution < -0.4 is 14.8 Å². The largest absolute Gasteiger partial charge is 0.486 e. The molecule has 1 fully saturated rings. The predicted molar refractivity (Wildman–Crippen MR) is 132 cm³/mol. The number of aliphatic hydroxyl groups excluding tert-OH is 1. The Hall–Kier alpha value is -2.13. The van der Waals surface area contributed by atoms with Crippen molar-refractivity contribution in [3.63, 3.8) is 0 Å². The number of rotatable bonds is 7. The van der Waals surface area contributed by atoms with Crippen LogP contribution in [0.4, 0.5) is 8.78 Å². The van der Waals surface area contributed by atoms with Crippen LogP contribution >= 0.6 is 23.2 Å². The molecule has 1 aliphatic carbocycles. The minimum absolute atomic E-state index is 0.0220. The molecular formula is C26H28Cl2F2N2O4. The zero-order valence-corrected chi connectivity index (χ0v) is 21.1. The first-order valence-electron chi connectivity index (χ1n) is 12.2. The number of ether oxygens (including phenoxy) is 2. The van der Waals surface area contributed by atoms with Crippen molar-refractivity contribution >= 4 is 29.1 Å². The summed E-state index contributed by atoms with van der Waals surface area (Å²) in [6, 6.07) is 7.24. The van der Waals surface area contributed by atoms with Crippen LogP contribution in [0, 0.1) is 5.92 Å². The van der Waals surface area contributed by atoms with E-state index in [4.69, 9.17) is 32.7 Å². The molecule has 0 radical (unpaired) electrons. The van der Waals surface area contributed by atoms with Gasteiger partial charge >= 0.3 is 5.92 Å². The van der Waals surface area contributed by atoms with E-state index in [0.717, 1.165) is 25.9 Å². The van der Waals surface area contributed by atoms with Crippen molar-refractivity contribution in [3.8, 4) is 11.5 Å². The van der Waals surface area contributed by atoms with E-state index in [1.54, 1.807) is 30.3 Å². The lowest BCUT2D eigenvalue weighted by Crippen LogP contribution is -2.54. The second-order valence-electron chi connectivity index (χ2n) is 9.70. The molecule has 2 aromatic carbocycles. The number of benzene rings is 2. The van der Waals surface area contributed by atoms with Crippen molar-refractivity contribution in [2.75, 3.05) is 32.8 Å². The normalized spacial score (nSPS) is 19.7. The molecule has 2 aromatic rings. The van der Waals surface area contributed by atoms with E-state index >= 15 is 8.78 Å². The summed E-state index contributed by atoms with van der Waals surface area (Å²) in [5, 5.41) is 14.3. The van der Waals surface area contributed by atoms with Gasteiger partial charge in [-0.05, 0) is 79.7 Å². The Kier molecular flexibility index (Phi) is 7.32. The van der Waals surface area contributed by atoms with Gasteiger partial charge in [-0.25, -0.2) is 0 Å². The van der Waals surface area contributed by atoms with Gasteiger partial charge in [0.05, 0.1) is 16.1 Å². The first-order valence-corrected chi connectivity index (χ1v) is 12.9. The van der Waals surface area contributed by atoms with Gasteiger partial charge in [0.15, 0.2) is 11.5 Å². The first-order chi connectivity index (χ1) is 17.2. The van der Waals surface area contributed by atoms with Crippen molar-refractivity contribution in [1.82, 2.24) is 10.2 Å². The molecule has 1 amide bonds. The molecule has 36 heavy (non-hydrogen) atoms. The fourth-order valence-corrected chi connectivity index (χ4v) is 5.64. The van der Waals surface area contributed by atoms with Gasteiger partial charge in [0, 0.05) is 12.5 Å². The zero-order chi connectivity index (χ0) is 25.4. The van der Waals surface area contributed by atoms with Gasteiger partial charge in [-0.2, -0.15) is 8.78 Å². The molecule has 1 saturated heterocycles. The summed E-state index contributed by atoms with van der Waals surface area (Å²) < 4.78 is 42.0. The number of carbonyl (C=O) groups is 1. The lowest BCUT2D eigenvalue weighted by molar-refractivity contribution is -0.155. The molecule has 2 unspecified atom stereocenters. The SMILES string of the molecule is O=C(NC(CN1CCCC1)C(O)c1ccc2c(c1)OCCO2)C(F)(F)C1Cc2cc(Cl)c(Cl)cc2C1. The monoisotopic (exact) mass is 540 g/mol. The molecule has 194 valence electrons. The molecule has 3 aliphatic rings. The number of nitrogens with zero attached hydrogens (tertiary/aromatic N) is 1. The highest BCUT2D eigenvalue weighted by atomic mass is 35.5. The van der Waals surface area contributed by atoms with Crippen LogP contribution in [0.2, 0.25) is 10.0 Å². The van der Waals surface area contributed by atoms with E-state index in [1.165, 1.54) is 0 Å². The number of likely N-dealkylation sites (tertiary alicyclic amines) is 1. The van der Waals surface area contributed by atoms with Gasteiger partial charge < -0.3 is 24.8 Å². The standard InChI is InChI=1S/C26H28Cl2F2N2O4/c27-19-11-16-9-18(10-17(16)12-20(19)28)26(29,30)25(34)31-21(14-32-5-1-2-6-32)24(33)15-3-4-22-23(13-15)36-8-7-35-22/h3-4,11-13,18,21,24,33H,1-2,5-10,14H2,(H,31,34). The highest BCUT2D eigenvalue weighted by molar-refractivity contribution is 6.42. The number of fused-ring (bicyclic) bond motifs is 2. The fraction of sp³-hybridized carbons (Fsp3) is 0.500. The Morgan fingerprint density at radius 2 is 1.67 bits per heavy atom. The van der Waals surface area contributed by atoms with Gasteiger partial charge in [-0.3, -0.25) is 4.79 Å². The molecule has 6 nitrogen and oxygen atoms in total. The molecule has 5 rings (SSSR count). The lowest BCUT2D eigenvalue weighted by atomic mass is 9.95. The Labute approximate surface area is 218 Å². The Balaban J connectivity index is 1.34. The minimum atomic E-state index is -3.65. The summed E-state index contributed by atoms with van der Waals surface area (Å²) in [5.74, 6) is -5.22. The number of hydrogen-bond donors (Lipinski definition) is 2. The average molecular weight is 541 g/mol. The second-order valence-corrected chi connectivity index (χ2v) is 10.5. The van der Waals surface area contributed by atoms with Crippen LogP contribution in [0.3, 0.4) is 0 Å². The molecule has 2 aliphatic heterocycles. The Morgan fingerprint density at radius 3 is 2.31 bits per heavy atom. The smallest absolute Gasteiger partial charge is 0.327 e. The Morgan fingerprint density at radius 1 is 1.06 bits per heavy atom. The zero-order valence-electron chi connectivity index (χ0n) is 19.6. The molecule has 0 aromatic heterocycles. The molecule has 10 heteroatoms. The number of alkyl halides is 2. The molecule has 0 saturated carbocycles. The first kappa shape index (κ1) is 25.5. The van der Waals surface area contributed by atoms with E-state index in [9.17, 15) is 9.90 Å². The van der Waals surface area contributed by atoms with Gasteiger partial charge in [-0.1, -0.05) is 29.3 Å². The number of amides is 1. The number of halogens is 4. The van der Waals surface area contributed by atoms with E-state index in [-0.39, 0.29) is 19.4 Å². The number of carbonyl (C=O) groups excluding carboxylic acids is 1. The van der Waals surface area contributed by atoms with Crippen LogP contribution in [0.25, 0.3) is 0 Å². The maximum atomic E-state index is 15.4. The van der Waals surface area contributed by atoms with E-state index < -0.39 is 29.9 Å². The average Bonchev–Trinajstić information content (AvgIpc) is 3.53. The van der Waals surface area contributed by atoms with Crippen molar-refractivity contribution < 1.29 is 28.2 Å². The van der Waals surface area contributed by atoms with Crippen LogP contribution in [-0.4, -0.2) is 60.7 Å². The van der Waals surface area contributed by atoms with Gasteiger partial charge in [0.1, 0.15) is 19.3 Å². The van der Waals surface area contributed by atoms with Crippen molar-refractivity contribution in [3.05, 3.63) is 57.1 Å². The highest BCUT2D eigenvalue weighted by Crippen LogP contribution is 2.41. The molecule has 0 spiro atoms. The summed E-state index contributed by atoms with van der Waals surface area (Å²) >= 11 is 12.1. The van der Waals surface area contributed by atoms with Gasteiger partial charge in [0.25, 0.3) is 5.91 Å². The molecule has 0 bridgehead atoms. The van der Waals surface area contributed by atoms with E-state index in [0.29, 0.717) is 51.4 Å². The van der Waals surface area contributed by atoms with Crippen molar-refractivity contribution in [2.24, 2.45) is 5.92 Å². The van der Waals surface area contributed by atoms with Crippen LogP contribution in [0.5, 0.6) is 11.5 Å². The maximum absolute atomic E-state index is 15.4. The topological polar surface area (TPSA) is 71.0 Å². The maximum Gasteiger partial charge on any atom is 0.327 e. The number of hydrogen-bond acceptors (Lipinski definition) is 5. The molecule has 2 atom stereocenters. The molecule has 2 heterocycles. The molecular weight excluding hydrogens is 513 g/mol. The summed E-state index contributed by atoms with van der Waals surface area (Å²) in [5.41, 5.74) is 1.81.